The maximum absolute atomic E-state index is 13.4. The Morgan fingerprint density at radius 3 is 2.32 bits per heavy atom. The number of halogens is 2. The zero-order valence-corrected chi connectivity index (χ0v) is 18.5. The number of aryl methyl sites for hydroxylation is 1. The van der Waals surface area contributed by atoms with Crippen molar-refractivity contribution < 1.29 is 8.78 Å². The first-order valence-electron chi connectivity index (χ1n) is 11.8. The van der Waals surface area contributed by atoms with E-state index in [0.717, 1.165) is 41.9 Å². The molecule has 1 unspecified atom stereocenters. The molecule has 4 rings (SSSR count). The molecule has 2 aromatic carbocycles. The molecular weight excluding hydrogens is 386 g/mol. The molecule has 31 heavy (non-hydrogen) atoms. The van der Waals surface area contributed by atoms with Gasteiger partial charge >= 0.3 is 0 Å². The highest BCUT2D eigenvalue weighted by Gasteiger charge is 2.29. The maximum Gasteiger partial charge on any atom is 0.160 e. The van der Waals surface area contributed by atoms with Crippen LogP contribution in [0.2, 0.25) is 0 Å². The summed E-state index contributed by atoms with van der Waals surface area (Å²) in [6.45, 7) is 2.11. The summed E-state index contributed by atoms with van der Waals surface area (Å²) in [6, 6.07) is 10.3. The van der Waals surface area contributed by atoms with Crippen LogP contribution in [-0.2, 0) is 12.8 Å². The molecular formula is C29H32F2. The Bertz CT molecular complexity index is 984. The van der Waals surface area contributed by atoms with Crippen LogP contribution in [0.25, 0.3) is 0 Å². The van der Waals surface area contributed by atoms with Crippen molar-refractivity contribution in [3.8, 4) is 11.8 Å². The molecule has 1 fully saturated rings. The molecule has 1 saturated carbocycles. The Kier molecular flexibility index (Phi) is 7.23. The van der Waals surface area contributed by atoms with E-state index in [2.05, 4.69) is 49.1 Å². The summed E-state index contributed by atoms with van der Waals surface area (Å²) in [5.74, 6) is 7.02. The third-order valence-electron chi connectivity index (χ3n) is 7.28. The lowest BCUT2D eigenvalue weighted by Gasteiger charge is -2.36. The quantitative estimate of drug-likeness (QED) is 0.354. The summed E-state index contributed by atoms with van der Waals surface area (Å²) >= 11 is 0. The first-order valence-corrected chi connectivity index (χ1v) is 11.8. The molecule has 162 valence electrons. The number of benzene rings is 2. The first-order chi connectivity index (χ1) is 15.1. The van der Waals surface area contributed by atoms with Crippen LogP contribution >= 0.6 is 0 Å². The third-order valence-corrected chi connectivity index (χ3v) is 7.28. The number of allylic oxidation sites excluding steroid dienone is 2. The van der Waals surface area contributed by atoms with Gasteiger partial charge in [0.2, 0.25) is 0 Å². The van der Waals surface area contributed by atoms with Crippen LogP contribution < -0.4 is 0 Å². The molecule has 0 spiro atoms. The fourth-order valence-corrected chi connectivity index (χ4v) is 5.43. The van der Waals surface area contributed by atoms with Crippen molar-refractivity contribution in [1.82, 2.24) is 0 Å². The average molecular weight is 419 g/mol. The number of rotatable bonds is 4. The molecule has 0 radical (unpaired) electrons. The van der Waals surface area contributed by atoms with Gasteiger partial charge in [-0.2, -0.15) is 0 Å². The van der Waals surface area contributed by atoms with Gasteiger partial charge in [-0.25, -0.2) is 8.78 Å². The van der Waals surface area contributed by atoms with E-state index in [0.29, 0.717) is 5.56 Å². The van der Waals surface area contributed by atoms with E-state index >= 15 is 0 Å². The molecule has 1 atom stereocenters. The van der Waals surface area contributed by atoms with Crippen LogP contribution in [0.1, 0.15) is 74.1 Å². The SMILES string of the molecule is C/C=C/CCC1CCC(C2CCc3cc(C#Cc4ccc(F)c(F)c4)ccc3C2)CC1. The van der Waals surface area contributed by atoms with Crippen LogP contribution in [-0.4, -0.2) is 0 Å². The average Bonchev–Trinajstić information content (AvgIpc) is 2.80. The smallest absolute Gasteiger partial charge is 0.160 e. The van der Waals surface area contributed by atoms with E-state index < -0.39 is 11.6 Å². The van der Waals surface area contributed by atoms with Crippen molar-refractivity contribution in [2.45, 2.75) is 64.7 Å². The van der Waals surface area contributed by atoms with Gasteiger partial charge in [-0.15, -0.1) is 0 Å². The fraction of sp³-hybridized carbons (Fsp3) is 0.448. The van der Waals surface area contributed by atoms with Gasteiger partial charge in [0.05, 0.1) is 0 Å². The van der Waals surface area contributed by atoms with E-state index in [9.17, 15) is 8.78 Å². The zero-order valence-electron chi connectivity index (χ0n) is 18.5. The molecule has 0 aliphatic heterocycles. The van der Waals surface area contributed by atoms with E-state index in [4.69, 9.17) is 0 Å². The third kappa shape index (κ3) is 5.65. The van der Waals surface area contributed by atoms with E-state index in [-0.39, 0.29) is 0 Å². The zero-order chi connectivity index (χ0) is 21.6. The van der Waals surface area contributed by atoms with E-state index in [1.165, 1.54) is 68.6 Å². The van der Waals surface area contributed by atoms with Gasteiger partial charge in [0.25, 0.3) is 0 Å². The molecule has 2 aliphatic carbocycles. The Hall–Kier alpha value is -2.40. The summed E-state index contributed by atoms with van der Waals surface area (Å²) in [5.41, 5.74) is 4.33. The molecule has 0 N–H and O–H groups in total. The lowest BCUT2D eigenvalue weighted by molar-refractivity contribution is 0.185. The van der Waals surface area contributed by atoms with E-state index in [1.54, 1.807) is 0 Å². The van der Waals surface area contributed by atoms with Crippen molar-refractivity contribution in [3.63, 3.8) is 0 Å². The maximum atomic E-state index is 13.4. The minimum absolute atomic E-state index is 0.498. The highest BCUT2D eigenvalue weighted by molar-refractivity contribution is 5.46. The molecule has 0 nitrogen and oxygen atoms in total. The van der Waals surface area contributed by atoms with Crippen molar-refractivity contribution in [2.24, 2.45) is 17.8 Å². The number of hydrogen-bond donors (Lipinski definition) is 0. The van der Waals surface area contributed by atoms with Gasteiger partial charge < -0.3 is 0 Å². The summed E-state index contributed by atoms with van der Waals surface area (Å²) in [7, 11) is 0. The van der Waals surface area contributed by atoms with Crippen LogP contribution in [0, 0.1) is 41.2 Å². The van der Waals surface area contributed by atoms with Gasteiger partial charge in [-0.1, -0.05) is 42.9 Å². The van der Waals surface area contributed by atoms with E-state index in [1.807, 2.05) is 0 Å². The van der Waals surface area contributed by atoms with Gasteiger partial charge in [0.1, 0.15) is 0 Å². The standard InChI is InChI=1S/C29H32F2/c1-2-3-4-5-21-8-12-24(13-9-21)26-16-15-25-18-22(10-14-27(25)20-26)6-7-23-11-17-28(30)29(31)19-23/h2-3,10-11,14,17-19,21,24,26H,4-5,8-9,12-13,15-16,20H2,1H3/b3-2+. The summed E-state index contributed by atoms with van der Waals surface area (Å²) in [5, 5.41) is 0. The lowest BCUT2D eigenvalue weighted by Crippen LogP contribution is -2.26. The molecule has 0 saturated heterocycles. The van der Waals surface area contributed by atoms with Crippen molar-refractivity contribution in [1.29, 1.82) is 0 Å². The van der Waals surface area contributed by atoms with Crippen molar-refractivity contribution in [2.75, 3.05) is 0 Å². The summed E-state index contributed by atoms with van der Waals surface area (Å²) in [4.78, 5) is 0. The molecule has 0 heterocycles. The normalized spacial score (nSPS) is 23.3. The molecule has 2 heteroatoms. The van der Waals surface area contributed by atoms with Crippen molar-refractivity contribution in [3.05, 3.63) is 82.4 Å². The Balaban J connectivity index is 1.35. The topological polar surface area (TPSA) is 0 Å². The highest BCUT2D eigenvalue weighted by atomic mass is 19.2. The Labute approximate surface area is 185 Å². The monoisotopic (exact) mass is 418 g/mol. The van der Waals surface area contributed by atoms with Crippen LogP contribution in [0.15, 0.2) is 48.6 Å². The number of hydrogen-bond acceptors (Lipinski definition) is 0. The van der Waals surface area contributed by atoms with Crippen LogP contribution in [0.4, 0.5) is 8.78 Å². The summed E-state index contributed by atoms with van der Waals surface area (Å²) < 4.78 is 26.4. The second-order valence-corrected chi connectivity index (χ2v) is 9.29. The van der Waals surface area contributed by atoms with Gasteiger partial charge in [0.15, 0.2) is 11.6 Å². The molecule has 0 amide bonds. The van der Waals surface area contributed by atoms with Gasteiger partial charge in [-0.3, -0.25) is 0 Å². The van der Waals surface area contributed by atoms with Gasteiger partial charge in [0, 0.05) is 11.1 Å². The molecule has 0 bridgehead atoms. The second kappa shape index (κ2) is 10.3. The minimum Gasteiger partial charge on any atom is -0.204 e. The predicted molar refractivity (Wildman–Crippen MR) is 124 cm³/mol. The predicted octanol–water partition coefficient (Wildman–Crippen LogP) is 7.63. The first kappa shape index (κ1) is 21.8. The fourth-order valence-electron chi connectivity index (χ4n) is 5.43. The molecule has 2 aliphatic rings. The molecule has 0 aromatic heterocycles. The minimum atomic E-state index is -0.852. The summed E-state index contributed by atoms with van der Waals surface area (Å²) in [6.07, 6.45) is 16.3. The Morgan fingerprint density at radius 2 is 1.58 bits per heavy atom. The lowest BCUT2D eigenvalue weighted by atomic mass is 9.69. The molecule has 2 aromatic rings. The van der Waals surface area contributed by atoms with Crippen molar-refractivity contribution >= 4 is 0 Å². The largest absolute Gasteiger partial charge is 0.204 e. The highest BCUT2D eigenvalue weighted by Crippen LogP contribution is 2.40. The van der Waals surface area contributed by atoms with Gasteiger partial charge in [-0.05, 0) is 111 Å². The van der Waals surface area contributed by atoms with Crippen LogP contribution in [0.5, 0.6) is 0 Å². The Morgan fingerprint density at radius 1 is 0.839 bits per heavy atom. The van der Waals surface area contributed by atoms with Crippen LogP contribution in [0.3, 0.4) is 0 Å². The second-order valence-electron chi connectivity index (χ2n) is 9.29. The number of fused-ring (bicyclic) bond motifs is 1.